The molecule has 0 fully saturated rings. The van der Waals surface area contributed by atoms with Crippen LogP contribution in [0.1, 0.15) is 65.2 Å². The molecule has 1 heterocycles. The molecule has 0 aromatic rings. The Kier molecular flexibility index (Phi) is 9.44. The Morgan fingerprint density at radius 1 is 1.10 bits per heavy atom. The second-order valence-electron chi connectivity index (χ2n) is 6.13. The van der Waals surface area contributed by atoms with Gasteiger partial charge in [0.25, 0.3) is 0 Å². The van der Waals surface area contributed by atoms with E-state index in [1.54, 1.807) is 0 Å². The Balaban J connectivity index is 2.18. The fraction of sp³-hybridized carbons (Fsp3) is 0.778. The van der Waals surface area contributed by atoms with Gasteiger partial charge in [-0.05, 0) is 25.8 Å². The first-order valence-corrected chi connectivity index (χ1v) is 8.86. The maximum absolute atomic E-state index is 9.27. The summed E-state index contributed by atoms with van der Waals surface area (Å²) in [4.78, 5) is 0. The summed E-state index contributed by atoms with van der Waals surface area (Å²) >= 11 is 0. The Morgan fingerprint density at radius 3 is 2.48 bits per heavy atom. The molecular formula is C18H35N2O+. The van der Waals surface area contributed by atoms with E-state index in [4.69, 9.17) is 0 Å². The Bertz CT molecular complexity index is 314. The molecule has 3 nitrogen and oxygen atoms in total. The standard InChI is InChI=1S/C18H35N2O/c1-3-5-6-7-8-9-10-11-12-13-18-19-14-15-20(18,4-2)16-17-21/h12-15,18-19,21H,3-11,16-17H2,1-2H3/q+1/b13-12+. The Labute approximate surface area is 131 Å². The third kappa shape index (κ3) is 6.23. The fourth-order valence-corrected chi connectivity index (χ4v) is 3.06. The quantitative estimate of drug-likeness (QED) is 0.325. The van der Waals surface area contributed by atoms with Crippen molar-refractivity contribution >= 4 is 0 Å². The van der Waals surface area contributed by atoms with E-state index < -0.39 is 0 Å². The van der Waals surface area contributed by atoms with Crippen molar-refractivity contribution in [1.29, 1.82) is 0 Å². The van der Waals surface area contributed by atoms with Crippen molar-refractivity contribution < 1.29 is 9.59 Å². The lowest BCUT2D eigenvalue weighted by Crippen LogP contribution is -2.53. The third-order valence-electron chi connectivity index (χ3n) is 4.59. The molecule has 0 aromatic heterocycles. The van der Waals surface area contributed by atoms with E-state index in [1.807, 2.05) is 6.20 Å². The molecule has 1 aliphatic rings. The molecular weight excluding hydrogens is 260 g/mol. The van der Waals surface area contributed by atoms with Gasteiger partial charge in [-0.2, -0.15) is 0 Å². The highest BCUT2D eigenvalue weighted by molar-refractivity contribution is 4.97. The van der Waals surface area contributed by atoms with Gasteiger partial charge in [-0.15, -0.1) is 0 Å². The van der Waals surface area contributed by atoms with Gasteiger partial charge in [-0.1, -0.05) is 51.5 Å². The Morgan fingerprint density at radius 2 is 1.81 bits per heavy atom. The van der Waals surface area contributed by atoms with Crippen molar-refractivity contribution in [2.24, 2.45) is 0 Å². The monoisotopic (exact) mass is 295 g/mol. The van der Waals surface area contributed by atoms with E-state index in [2.05, 4.69) is 37.5 Å². The summed E-state index contributed by atoms with van der Waals surface area (Å²) in [6.07, 6.45) is 19.9. The van der Waals surface area contributed by atoms with Crippen molar-refractivity contribution in [2.45, 2.75) is 71.4 Å². The van der Waals surface area contributed by atoms with Crippen LogP contribution >= 0.6 is 0 Å². The minimum atomic E-state index is 0.238. The van der Waals surface area contributed by atoms with E-state index in [9.17, 15) is 5.11 Å². The van der Waals surface area contributed by atoms with Gasteiger partial charge in [0.15, 0.2) is 6.17 Å². The number of nitrogens with one attached hydrogen (secondary N) is 1. The summed E-state index contributed by atoms with van der Waals surface area (Å²) in [7, 11) is 0. The second kappa shape index (κ2) is 10.9. The maximum atomic E-state index is 9.27. The van der Waals surface area contributed by atoms with Gasteiger partial charge in [-0.25, -0.2) is 0 Å². The first-order chi connectivity index (χ1) is 10.3. The number of unbranched alkanes of at least 4 members (excludes halogenated alkanes) is 7. The first kappa shape index (κ1) is 18.2. The number of hydrogen-bond acceptors (Lipinski definition) is 2. The molecule has 0 bridgehead atoms. The zero-order chi connectivity index (χ0) is 15.4. The Hall–Kier alpha value is -0.800. The second-order valence-corrected chi connectivity index (χ2v) is 6.13. The lowest BCUT2D eigenvalue weighted by atomic mass is 10.1. The van der Waals surface area contributed by atoms with Crippen molar-refractivity contribution in [2.75, 3.05) is 19.7 Å². The molecule has 0 spiro atoms. The molecule has 0 aromatic carbocycles. The average Bonchev–Trinajstić information content (AvgIpc) is 2.89. The SMILES string of the molecule is CCCCCCCCC/C=C/C1NC=C[N+]1(CC)CCO. The number of allylic oxidation sites excluding steroid dienone is 1. The van der Waals surface area contributed by atoms with Crippen LogP contribution < -0.4 is 5.32 Å². The highest BCUT2D eigenvalue weighted by atomic mass is 16.3. The summed E-state index contributed by atoms with van der Waals surface area (Å²) in [5.74, 6) is 0. The van der Waals surface area contributed by atoms with Crippen LogP contribution in [0.4, 0.5) is 0 Å². The average molecular weight is 295 g/mol. The van der Waals surface area contributed by atoms with Crippen LogP contribution in [-0.4, -0.2) is 35.5 Å². The van der Waals surface area contributed by atoms with Crippen LogP contribution in [0.3, 0.4) is 0 Å². The molecule has 2 unspecified atom stereocenters. The zero-order valence-electron chi connectivity index (χ0n) is 14.1. The molecule has 1 rings (SSSR count). The predicted molar refractivity (Wildman–Crippen MR) is 90.6 cm³/mol. The normalized spacial score (nSPS) is 24.8. The van der Waals surface area contributed by atoms with Crippen molar-refractivity contribution in [1.82, 2.24) is 5.32 Å². The molecule has 0 saturated heterocycles. The highest BCUT2D eigenvalue weighted by Crippen LogP contribution is 2.19. The van der Waals surface area contributed by atoms with Crippen LogP contribution in [0, 0.1) is 0 Å². The van der Waals surface area contributed by atoms with Gasteiger partial charge in [0.05, 0.1) is 19.4 Å². The van der Waals surface area contributed by atoms with Gasteiger partial charge >= 0.3 is 0 Å². The topological polar surface area (TPSA) is 32.3 Å². The van der Waals surface area contributed by atoms with E-state index in [0.29, 0.717) is 6.17 Å². The fourth-order valence-electron chi connectivity index (χ4n) is 3.06. The number of rotatable bonds is 12. The number of likely N-dealkylation sites (N-methyl/N-ethyl adjacent to an activating group) is 1. The molecule has 1 aliphatic heterocycles. The van der Waals surface area contributed by atoms with Crippen molar-refractivity contribution in [3.05, 3.63) is 24.6 Å². The molecule has 3 heteroatoms. The molecule has 2 N–H and O–H groups in total. The number of aliphatic hydroxyl groups is 1. The zero-order valence-corrected chi connectivity index (χ0v) is 14.1. The summed E-state index contributed by atoms with van der Waals surface area (Å²) in [6.45, 7) is 6.48. The van der Waals surface area contributed by atoms with Gasteiger partial charge in [0.1, 0.15) is 12.7 Å². The molecule has 0 saturated carbocycles. The number of hydrogen-bond donors (Lipinski definition) is 2. The summed E-state index contributed by atoms with van der Waals surface area (Å²) in [6, 6.07) is 0. The van der Waals surface area contributed by atoms with Gasteiger partial charge in [-0.3, -0.25) is 4.48 Å². The van der Waals surface area contributed by atoms with Gasteiger partial charge in [0.2, 0.25) is 0 Å². The van der Waals surface area contributed by atoms with E-state index in [0.717, 1.165) is 17.6 Å². The minimum Gasteiger partial charge on any atom is -0.390 e. The van der Waals surface area contributed by atoms with Crippen LogP contribution in [0.2, 0.25) is 0 Å². The highest BCUT2D eigenvalue weighted by Gasteiger charge is 2.34. The largest absolute Gasteiger partial charge is 0.390 e. The smallest absolute Gasteiger partial charge is 0.185 e. The molecule has 21 heavy (non-hydrogen) atoms. The minimum absolute atomic E-state index is 0.238. The molecule has 0 amide bonds. The van der Waals surface area contributed by atoms with Crippen LogP contribution in [0.5, 0.6) is 0 Å². The molecule has 0 aliphatic carbocycles. The van der Waals surface area contributed by atoms with Crippen LogP contribution in [-0.2, 0) is 0 Å². The summed E-state index contributed by atoms with van der Waals surface area (Å²) in [5, 5.41) is 12.7. The van der Waals surface area contributed by atoms with Gasteiger partial charge < -0.3 is 10.4 Å². The lowest BCUT2D eigenvalue weighted by molar-refractivity contribution is -0.892. The molecule has 122 valence electrons. The number of nitrogens with zero attached hydrogens (tertiary/aromatic N) is 1. The number of aliphatic hydroxyl groups excluding tert-OH is 1. The van der Waals surface area contributed by atoms with Crippen LogP contribution in [0.15, 0.2) is 24.6 Å². The summed E-state index contributed by atoms with van der Waals surface area (Å²) in [5.41, 5.74) is 0. The van der Waals surface area contributed by atoms with E-state index in [1.165, 1.54) is 51.4 Å². The molecule has 0 radical (unpaired) electrons. The van der Waals surface area contributed by atoms with Crippen LogP contribution in [0.25, 0.3) is 0 Å². The third-order valence-corrected chi connectivity index (χ3v) is 4.59. The summed E-state index contributed by atoms with van der Waals surface area (Å²) < 4.78 is 0.823. The maximum Gasteiger partial charge on any atom is 0.185 e. The van der Waals surface area contributed by atoms with E-state index >= 15 is 0 Å². The number of quaternary nitrogens is 1. The van der Waals surface area contributed by atoms with Gasteiger partial charge in [0, 0.05) is 0 Å². The van der Waals surface area contributed by atoms with E-state index in [-0.39, 0.29) is 6.61 Å². The predicted octanol–water partition coefficient (Wildman–Crippen LogP) is 3.91. The van der Waals surface area contributed by atoms with Crippen molar-refractivity contribution in [3.8, 4) is 0 Å². The first-order valence-electron chi connectivity index (χ1n) is 8.86. The lowest BCUT2D eigenvalue weighted by Gasteiger charge is -2.34. The van der Waals surface area contributed by atoms with Crippen molar-refractivity contribution in [3.63, 3.8) is 0 Å². The molecule has 2 atom stereocenters.